The fraction of sp³-hybridized carbons (Fsp3) is 0.818. The Morgan fingerprint density at radius 1 is 1.69 bits per heavy atom. The summed E-state index contributed by atoms with van der Waals surface area (Å²) in [5.74, 6) is 1.70. The predicted molar refractivity (Wildman–Crippen MR) is 65.6 cm³/mol. The molecule has 1 aromatic heterocycles. The van der Waals surface area contributed by atoms with Gasteiger partial charge in [-0.1, -0.05) is 6.92 Å². The molecule has 2 unspecified atom stereocenters. The molecule has 1 aromatic rings. The van der Waals surface area contributed by atoms with E-state index >= 15 is 0 Å². The second-order valence-corrected chi connectivity index (χ2v) is 6.37. The van der Waals surface area contributed by atoms with E-state index in [0.29, 0.717) is 17.7 Å². The normalized spacial score (nSPS) is 30.2. The Balaban J connectivity index is 2.11. The van der Waals surface area contributed by atoms with Gasteiger partial charge in [-0.15, -0.1) is 0 Å². The highest BCUT2D eigenvalue weighted by atomic mass is 32.2. The van der Waals surface area contributed by atoms with Crippen molar-refractivity contribution in [1.82, 2.24) is 14.8 Å². The van der Waals surface area contributed by atoms with E-state index in [0.717, 1.165) is 18.0 Å². The second kappa shape index (κ2) is 4.37. The average Bonchev–Trinajstić information content (AvgIpc) is 2.74. The average molecular weight is 241 g/mol. The molecule has 2 heterocycles. The van der Waals surface area contributed by atoms with Gasteiger partial charge < -0.3 is 5.11 Å². The van der Waals surface area contributed by atoms with E-state index in [2.05, 4.69) is 30.9 Å². The Bertz CT molecular complexity index is 366. The molecular weight excluding hydrogens is 222 g/mol. The number of rotatable bonds is 3. The first-order valence-electron chi connectivity index (χ1n) is 5.72. The highest BCUT2D eigenvalue weighted by Gasteiger charge is 2.37. The molecule has 0 aromatic carbocycles. The summed E-state index contributed by atoms with van der Waals surface area (Å²) in [6, 6.07) is 0.299. The lowest BCUT2D eigenvalue weighted by Crippen LogP contribution is -2.33. The Kier molecular flexibility index (Phi) is 3.26. The van der Waals surface area contributed by atoms with Crippen molar-refractivity contribution in [2.45, 2.75) is 50.5 Å². The first-order valence-corrected chi connectivity index (χ1v) is 6.77. The van der Waals surface area contributed by atoms with Gasteiger partial charge in [0.15, 0.2) is 0 Å². The number of aliphatic hydroxyl groups is 1. The van der Waals surface area contributed by atoms with E-state index in [4.69, 9.17) is 0 Å². The third-order valence-electron chi connectivity index (χ3n) is 2.93. The zero-order valence-electron chi connectivity index (χ0n) is 10.1. The van der Waals surface area contributed by atoms with E-state index < -0.39 is 5.60 Å². The quantitative estimate of drug-likeness (QED) is 0.874. The minimum absolute atomic E-state index is 0.299. The molecule has 90 valence electrons. The zero-order chi connectivity index (χ0) is 11.8. The molecule has 1 N–H and O–H groups in total. The summed E-state index contributed by atoms with van der Waals surface area (Å²) in [5, 5.41) is 15.2. The van der Waals surface area contributed by atoms with Crippen LogP contribution in [0.15, 0.2) is 6.33 Å². The van der Waals surface area contributed by atoms with Crippen LogP contribution in [0.4, 0.5) is 0 Å². The van der Waals surface area contributed by atoms with E-state index in [9.17, 15) is 5.11 Å². The summed E-state index contributed by atoms with van der Waals surface area (Å²) < 4.78 is 1.89. The fourth-order valence-electron chi connectivity index (χ4n) is 2.20. The molecule has 2 rings (SSSR count). The lowest BCUT2D eigenvalue weighted by molar-refractivity contribution is 0.0607. The first-order chi connectivity index (χ1) is 7.50. The van der Waals surface area contributed by atoms with Gasteiger partial charge in [0.1, 0.15) is 12.2 Å². The molecule has 0 amide bonds. The molecular formula is C11H19N3OS. The molecule has 0 spiro atoms. The first kappa shape index (κ1) is 11.9. The maximum atomic E-state index is 10.4. The monoisotopic (exact) mass is 241 g/mol. The van der Waals surface area contributed by atoms with Gasteiger partial charge >= 0.3 is 0 Å². The maximum Gasteiger partial charge on any atom is 0.138 e. The van der Waals surface area contributed by atoms with Gasteiger partial charge in [-0.3, -0.25) is 0 Å². The Labute approximate surface area is 100 Å². The Morgan fingerprint density at radius 2 is 2.44 bits per heavy atom. The van der Waals surface area contributed by atoms with Crippen molar-refractivity contribution in [1.29, 1.82) is 0 Å². The van der Waals surface area contributed by atoms with Gasteiger partial charge in [-0.05, 0) is 20.3 Å². The molecule has 5 heteroatoms. The van der Waals surface area contributed by atoms with Crippen LogP contribution in [0.2, 0.25) is 0 Å². The predicted octanol–water partition coefficient (Wildman–Crippen LogP) is 1.66. The minimum Gasteiger partial charge on any atom is -0.389 e. The van der Waals surface area contributed by atoms with Crippen molar-refractivity contribution in [3.8, 4) is 0 Å². The molecule has 1 aliphatic heterocycles. The van der Waals surface area contributed by atoms with Crippen molar-refractivity contribution < 1.29 is 5.11 Å². The van der Waals surface area contributed by atoms with E-state index in [1.165, 1.54) is 0 Å². The molecule has 1 saturated heterocycles. The number of nitrogens with zero attached hydrogens (tertiary/aromatic N) is 3. The summed E-state index contributed by atoms with van der Waals surface area (Å²) in [6.07, 6.45) is 3.04. The summed E-state index contributed by atoms with van der Waals surface area (Å²) in [4.78, 5) is 4.25. The van der Waals surface area contributed by atoms with Crippen LogP contribution in [-0.2, 0) is 6.42 Å². The van der Waals surface area contributed by atoms with E-state index in [1.54, 1.807) is 6.33 Å². The van der Waals surface area contributed by atoms with Crippen LogP contribution in [-0.4, -0.2) is 36.5 Å². The topological polar surface area (TPSA) is 50.9 Å². The van der Waals surface area contributed by atoms with Crippen molar-refractivity contribution in [2.75, 3.05) is 5.75 Å². The molecule has 16 heavy (non-hydrogen) atoms. The summed E-state index contributed by atoms with van der Waals surface area (Å²) >= 11 is 1.83. The van der Waals surface area contributed by atoms with Crippen LogP contribution >= 0.6 is 11.8 Å². The molecule has 0 aliphatic carbocycles. The van der Waals surface area contributed by atoms with Crippen LogP contribution in [0.25, 0.3) is 0 Å². The smallest absolute Gasteiger partial charge is 0.138 e. The SMILES string of the molecule is CC1CC(O)(Cc2ncnn2C(C)C)CS1. The standard InChI is InChI=1S/C11H19N3OS/c1-8(2)14-10(12-7-13-14)5-11(15)4-9(3)16-6-11/h7-9,15H,4-6H2,1-3H3. The zero-order valence-corrected chi connectivity index (χ0v) is 10.9. The molecule has 0 radical (unpaired) electrons. The lowest BCUT2D eigenvalue weighted by atomic mass is 9.96. The van der Waals surface area contributed by atoms with E-state index in [-0.39, 0.29) is 0 Å². The lowest BCUT2D eigenvalue weighted by Gasteiger charge is -2.21. The Hall–Kier alpha value is -0.550. The fourth-order valence-corrected chi connectivity index (χ4v) is 3.44. The third kappa shape index (κ3) is 2.40. The molecule has 0 bridgehead atoms. The molecule has 0 saturated carbocycles. The van der Waals surface area contributed by atoms with Crippen LogP contribution in [0.3, 0.4) is 0 Å². The van der Waals surface area contributed by atoms with Crippen LogP contribution < -0.4 is 0 Å². The number of aromatic nitrogens is 3. The van der Waals surface area contributed by atoms with Gasteiger partial charge in [0.25, 0.3) is 0 Å². The van der Waals surface area contributed by atoms with Crippen molar-refractivity contribution in [2.24, 2.45) is 0 Å². The second-order valence-electron chi connectivity index (χ2n) is 4.94. The summed E-state index contributed by atoms with van der Waals surface area (Å²) in [6.45, 7) is 6.32. The van der Waals surface area contributed by atoms with Crippen molar-refractivity contribution in [3.05, 3.63) is 12.2 Å². The van der Waals surface area contributed by atoms with Gasteiger partial charge in [0, 0.05) is 23.5 Å². The van der Waals surface area contributed by atoms with Crippen LogP contribution in [0, 0.1) is 0 Å². The summed E-state index contributed by atoms with van der Waals surface area (Å²) in [5.41, 5.74) is -0.593. The number of thioether (sulfide) groups is 1. The third-order valence-corrected chi connectivity index (χ3v) is 4.37. The van der Waals surface area contributed by atoms with Crippen LogP contribution in [0.1, 0.15) is 39.1 Å². The Morgan fingerprint density at radius 3 is 3.00 bits per heavy atom. The molecule has 4 nitrogen and oxygen atoms in total. The molecule has 1 fully saturated rings. The molecule has 1 aliphatic rings. The molecule has 2 atom stereocenters. The van der Waals surface area contributed by atoms with Crippen molar-refractivity contribution in [3.63, 3.8) is 0 Å². The summed E-state index contributed by atoms with van der Waals surface area (Å²) in [7, 11) is 0. The van der Waals surface area contributed by atoms with Crippen molar-refractivity contribution >= 4 is 11.8 Å². The minimum atomic E-state index is -0.593. The highest BCUT2D eigenvalue weighted by Crippen LogP contribution is 2.36. The number of hydrogen-bond acceptors (Lipinski definition) is 4. The number of hydrogen-bond donors (Lipinski definition) is 1. The van der Waals surface area contributed by atoms with Gasteiger partial charge in [0.05, 0.1) is 5.60 Å². The van der Waals surface area contributed by atoms with Gasteiger partial charge in [-0.25, -0.2) is 9.67 Å². The largest absolute Gasteiger partial charge is 0.389 e. The van der Waals surface area contributed by atoms with Gasteiger partial charge in [0.2, 0.25) is 0 Å². The van der Waals surface area contributed by atoms with Gasteiger partial charge in [-0.2, -0.15) is 16.9 Å². The maximum absolute atomic E-state index is 10.4. The highest BCUT2D eigenvalue weighted by molar-refractivity contribution is 8.00. The van der Waals surface area contributed by atoms with Crippen LogP contribution in [0.5, 0.6) is 0 Å². The van der Waals surface area contributed by atoms with E-state index in [1.807, 2.05) is 16.4 Å².